The molecule has 0 saturated carbocycles. The maximum atomic E-state index is 13.3. The van der Waals surface area contributed by atoms with Crippen LogP contribution in [0, 0.1) is 3.57 Å². The van der Waals surface area contributed by atoms with Crippen molar-refractivity contribution < 1.29 is 26.3 Å². The second-order valence-electron chi connectivity index (χ2n) is 5.89. The minimum absolute atomic E-state index is 0.0223. The topological polar surface area (TPSA) is 4.93 Å². The molecule has 0 saturated heterocycles. The molecule has 3 aromatic rings. The summed E-state index contributed by atoms with van der Waals surface area (Å²) >= 11 is 1.66. The van der Waals surface area contributed by atoms with E-state index < -0.39 is 23.5 Å². The summed E-state index contributed by atoms with van der Waals surface area (Å²) in [6.45, 7) is 0.0223. The van der Waals surface area contributed by atoms with E-state index in [1.54, 1.807) is 52.9 Å². The zero-order valence-electron chi connectivity index (χ0n) is 13.6. The van der Waals surface area contributed by atoms with E-state index in [0.717, 1.165) is 18.3 Å². The van der Waals surface area contributed by atoms with Crippen molar-refractivity contribution in [3.8, 4) is 11.3 Å². The third kappa shape index (κ3) is 4.31. The minimum Gasteiger partial charge on any atom is -0.342 e. The first-order valence-corrected chi connectivity index (χ1v) is 8.82. The van der Waals surface area contributed by atoms with E-state index in [4.69, 9.17) is 0 Å². The Kier molecular flexibility index (Phi) is 5.29. The number of alkyl halides is 6. The summed E-state index contributed by atoms with van der Waals surface area (Å²) in [5.74, 6) is 0. The van der Waals surface area contributed by atoms with Gasteiger partial charge in [0, 0.05) is 12.7 Å². The van der Waals surface area contributed by atoms with Gasteiger partial charge in [0.25, 0.3) is 0 Å². The van der Waals surface area contributed by atoms with E-state index in [0.29, 0.717) is 16.8 Å². The first kappa shape index (κ1) is 19.8. The molecule has 0 aliphatic rings. The van der Waals surface area contributed by atoms with Gasteiger partial charge in [0.1, 0.15) is 0 Å². The molecule has 27 heavy (non-hydrogen) atoms. The normalized spacial score (nSPS) is 12.4. The summed E-state index contributed by atoms with van der Waals surface area (Å²) < 4.78 is 79.6. The molecule has 0 spiro atoms. The Bertz CT molecular complexity index is 924. The van der Waals surface area contributed by atoms with Gasteiger partial charge in [0.2, 0.25) is 0 Å². The Morgan fingerprint density at radius 2 is 1.37 bits per heavy atom. The van der Waals surface area contributed by atoms with Crippen LogP contribution >= 0.6 is 22.6 Å². The molecule has 1 nitrogen and oxygen atoms in total. The molecule has 142 valence electrons. The monoisotopic (exact) mass is 495 g/mol. The number of aromatic nitrogens is 1. The first-order valence-electron chi connectivity index (χ1n) is 7.75. The van der Waals surface area contributed by atoms with Crippen molar-refractivity contribution in [2.24, 2.45) is 0 Å². The van der Waals surface area contributed by atoms with Crippen LogP contribution in [0.2, 0.25) is 0 Å². The first-order chi connectivity index (χ1) is 12.6. The lowest BCUT2D eigenvalue weighted by atomic mass is 10.1. The van der Waals surface area contributed by atoms with E-state index >= 15 is 0 Å². The third-order valence-corrected chi connectivity index (χ3v) is 5.10. The molecule has 1 heterocycles. The van der Waals surface area contributed by atoms with Crippen molar-refractivity contribution >= 4 is 22.6 Å². The summed E-state index contributed by atoms with van der Waals surface area (Å²) in [6, 6.07) is 13.0. The van der Waals surface area contributed by atoms with Crippen molar-refractivity contribution in [3.63, 3.8) is 0 Å². The lowest BCUT2D eigenvalue weighted by molar-refractivity contribution is -0.138. The summed E-state index contributed by atoms with van der Waals surface area (Å²) in [5.41, 5.74) is -0.116. The van der Waals surface area contributed by atoms with Crippen molar-refractivity contribution in [1.29, 1.82) is 0 Å². The molecule has 1 aromatic heterocycles. The zero-order valence-corrected chi connectivity index (χ0v) is 15.7. The predicted molar refractivity (Wildman–Crippen MR) is 98.1 cm³/mol. The minimum atomic E-state index is -4.52. The van der Waals surface area contributed by atoms with Crippen LogP contribution in [-0.4, -0.2) is 4.57 Å². The average molecular weight is 495 g/mol. The highest BCUT2D eigenvalue weighted by Gasteiger charge is 2.36. The fourth-order valence-corrected chi connectivity index (χ4v) is 3.80. The third-order valence-electron chi connectivity index (χ3n) is 4.00. The lowest BCUT2D eigenvalue weighted by Gasteiger charge is -2.12. The Morgan fingerprint density at radius 3 is 1.89 bits per heavy atom. The van der Waals surface area contributed by atoms with Gasteiger partial charge in [-0.1, -0.05) is 42.5 Å². The van der Waals surface area contributed by atoms with E-state index in [2.05, 4.69) is 0 Å². The van der Waals surface area contributed by atoms with Crippen LogP contribution in [-0.2, 0) is 18.9 Å². The molecule has 0 unspecified atom stereocenters. The summed E-state index contributed by atoms with van der Waals surface area (Å²) in [4.78, 5) is 0. The summed E-state index contributed by atoms with van der Waals surface area (Å²) in [6.07, 6.45) is -7.98. The van der Waals surface area contributed by atoms with Gasteiger partial charge < -0.3 is 4.57 Å². The van der Waals surface area contributed by atoms with E-state index in [1.807, 2.05) is 0 Å². The second kappa shape index (κ2) is 7.21. The standard InChI is InChI=1S/C19H12F6IN/c20-18(21,22)14-8-6-12(7-9-14)10-27-11-15(19(23,24)25)16(26)17(27)13-4-2-1-3-5-13/h1-9,11H,10H2. The quantitative estimate of drug-likeness (QED) is 0.277. The van der Waals surface area contributed by atoms with Gasteiger partial charge in [-0.3, -0.25) is 0 Å². The van der Waals surface area contributed by atoms with Crippen LogP contribution in [0.3, 0.4) is 0 Å². The van der Waals surface area contributed by atoms with Crippen LogP contribution in [0.1, 0.15) is 16.7 Å². The molecule has 0 atom stereocenters. The summed E-state index contributed by atoms with van der Waals surface area (Å²) in [7, 11) is 0. The Balaban J connectivity index is 2.04. The summed E-state index contributed by atoms with van der Waals surface area (Å²) in [5, 5.41) is 0. The van der Waals surface area contributed by atoms with Crippen molar-refractivity contribution in [2.75, 3.05) is 0 Å². The molecule has 0 N–H and O–H groups in total. The number of halogens is 7. The number of hydrogen-bond donors (Lipinski definition) is 0. The van der Waals surface area contributed by atoms with Gasteiger partial charge in [0.15, 0.2) is 0 Å². The van der Waals surface area contributed by atoms with Gasteiger partial charge >= 0.3 is 12.4 Å². The van der Waals surface area contributed by atoms with Crippen LogP contribution in [0.15, 0.2) is 60.8 Å². The van der Waals surface area contributed by atoms with Crippen LogP contribution in [0.25, 0.3) is 11.3 Å². The molecule has 0 aliphatic heterocycles. The van der Waals surface area contributed by atoms with E-state index in [9.17, 15) is 26.3 Å². The molecule has 0 fully saturated rings. The van der Waals surface area contributed by atoms with Crippen molar-refractivity contribution in [2.45, 2.75) is 18.9 Å². The maximum absolute atomic E-state index is 13.3. The van der Waals surface area contributed by atoms with Gasteiger partial charge in [-0.2, -0.15) is 26.3 Å². The average Bonchev–Trinajstić information content (AvgIpc) is 2.92. The van der Waals surface area contributed by atoms with E-state index in [-0.39, 0.29) is 10.1 Å². The fourth-order valence-electron chi connectivity index (χ4n) is 2.74. The SMILES string of the molecule is FC(F)(F)c1ccc(Cn2cc(C(F)(F)F)c(I)c2-c2ccccc2)cc1. The Morgan fingerprint density at radius 1 is 0.778 bits per heavy atom. The lowest BCUT2D eigenvalue weighted by Crippen LogP contribution is -2.06. The molecule has 0 aliphatic carbocycles. The van der Waals surface area contributed by atoms with Gasteiger partial charge in [-0.05, 0) is 45.9 Å². The Labute approximate surface area is 164 Å². The number of rotatable bonds is 3. The predicted octanol–water partition coefficient (Wildman–Crippen LogP) is 6.85. The number of nitrogens with zero attached hydrogens (tertiary/aromatic N) is 1. The fraction of sp³-hybridized carbons (Fsp3) is 0.158. The molecule has 0 amide bonds. The zero-order chi connectivity index (χ0) is 19.8. The van der Waals surface area contributed by atoms with Gasteiger partial charge in [-0.25, -0.2) is 0 Å². The molecular weight excluding hydrogens is 483 g/mol. The maximum Gasteiger partial charge on any atom is 0.418 e. The van der Waals surface area contributed by atoms with Gasteiger partial charge in [0.05, 0.1) is 20.4 Å². The second-order valence-corrected chi connectivity index (χ2v) is 6.97. The number of benzene rings is 2. The van der Waals surface area contributed by atoms with E-state index in [1.165, 1.54) is 16.7 Å². The smallest absolute Gasteiger partial charge is 0.342 e. The molecule has 0 bridgehead atoms. The molecular formula is C19H12F6IN. The highest BCUT2D eigenvalue weighted by Crippen LogP contribution is 2.39. The van der Waals surface area contributed by atoms with Crippen molar-refractivity contribution in [3.05, 3.63) is 81.1 Å². The molecule has 0 radical (unpaired) electrons. The van der Waals surface area contributed by atoms with Crippen molar-refractivity contribution in [1.82, 2.24) is 4.57 Å². The molecule has 2 aromatic carbocycles. The Hall–Kier alpha value is -1.97. The van der Waals surface area contributed by atoms with Gasteiger partial charge in [-0.15, -0.1) is 0 Å². The van der Waals surface area contributed by atoms with Crippen LogP contribution in [0.4, 0.5) is 26.3 Å². The van der Waals surface area contributed by atoms with Crippen LogP contribution < -0.4 is 0 Å². The van der Waals surface area contributed by atoms with Crippen LogP contribution in [0.5, 0.6) is 0 Å². The highest BCUT2D eigenvalue weighted by molar-refractivity contribution is 14.1. The molecule has 8 heteroatoms. The molecule has 3 rings (SSSR count). The highest BCUT2D eigenvalue weighted by atomic mass is 127. The largest absolute Gasteiger partial charge is 0.418 e. The number of hydrogen-bond acceptors (Lipinski definition) is 0.